The number of nitrogens with zero attached hydrogens (tertiary/aromatic N) is 3. The Kier molecular flexibility index (Phi) is 4.31. The topological polar surface area (TPSA) is 94.0 Å². The lowest BCUT2D eigenvalue weighted by Crippen LogP contribution is -2.29. The minimum Gasteiger partial charge on any atom is -0.317 e. The molecule has 1 N–H and O–H groups in total. The molecule has 106 valence electrons. The largest absolute Gasteiger partial charge is 0.317 e. The van der Waals surface area contributed by atoms with Crippen molar-refractivity contribution in [2.24, 2.45) is 0 Å². The SMILES string of the molecule is CS(=O)(=O)CCC(=O)c1cn(C2CCNCC2)nn1. The fraction of sp³-hybridized carbons (Fsp3) is 0.727. The van der Waals surface area contributed by atoms with Crippen molar-refractivity contribution in [3.8, 4) is 0 Å². The molecule has 0 aromatic carbocycles. The van der Waals surface area contributed by atoms with Crippen molar-refractivity contribution in [3.63, 3.8) is 0 Å². The van der Waals surface area contributed by atoms with E-state index >= 15 is 0 Å². The quantitative estimate of drug-likeness (QED) is 0.755. The molecule has 1 saturated heterocycles. The minimum absolute atomic E-state index is 0.0379. The molecule has 2 heterocycles. The first kappa shape index (κ1) is 14.1. The number of hydrogen-bond donors (Lipinski definition) is 1. The third-order valence-corrected chi connectivity index (χ3v) is 4.12. The molecule has 0 bridgehead atoms. The van der Waals surface area contributed by atoms with Gasteiger partial charge in [-0.15, -0.1) is 5.10 Å². The molecule has 1 fully saturated rings. The summed E-state index contributed by atoms with van der Waals surface area (Å²) in [5, 5.41) is 11.1. The molecule has 19 heavy (non-hydrogen) atoms. The van der Waals surface area contributed by atoms with Crippen LogP contribution >= 0.6 is 0 Å². The van der Waals surface area contributed by atoms with Crippen LogP contribution in [0, 0.1) is 0 Å². The Morgan fingerprint density at radius 1 is 1.47 bits per heavy atom. The Morgan fingerprint density at radius 3 is 2.79 bits per heavy atom. The fourth-order valence-electron chi connectivity index (χ4n) is 2.06. The number of carbonyl (C=O) groups excluding carboxylic acids is 1. The molecule has 1 aliphatic heterocycles. The molecule has 0 spiro atoms. The highest BCUT2D eigenvalue weighted by molar-refractivity contribution is 7.90. The van der Waals surface area contributed by atoms with Crippen LogP contribution in [0.25, 0.3) is 0 Å². The van der Waals surface area contributed by atoms with E-state index in [0.717, 1.165) is 32.2 Å². The van der Waals surface area contributed by atoms with Gasteiger partial charge in [0.1, 0.15) is 15.5 Å². The first-order valence-corrected chi connectivity index (χ1v) is 8.35. The average Bonchev–Trinajstić information content (AvgIpc) is 2.86. The van der Waals surface area contributed by atoms with Crippen molar-refractivity contribution in [2.75, 3.05) is 25.1 Å². The zero-order valence-electron chi connectivity index (χ0n) is 10.9. The van der Waals surface area contributed by atoms with Crippen molar-refractivity contribution in [3.05, 3.63) is 11.9 Å². The summed E-state index contributed by atoms with van der Waals surface area (Å²) in [5.41, 5.74) is 0.252. The van der Waals surface area contributed by atoms with Crippen LogP contribution in [0.1, 0.15) is 35.8 Å². The summed E-state index contributed by atoms with van der Waals surface area (Å²) >= 11 is 0. The molecule has 0 amide bonds. The van der Waals surface area contributed by atoms with Gasteiger partial charge in [-0.25, -0.2) is 13.1 Å². The number of sulfone groups is 1. The van der Waals surface area contributed by atoms with E-state index in [1.807, 2.05) is 0 Å². The Labute approximate surface area is 112 Å². The Balaban J connectivity index is 1.98. The van der Waals surface area contributed by atoms with Crippen LogP contribution in [-0.4, -0.2) is 54.3 Å². The summed E-state index contributed by atoms with van der Waals surface area (Å²) in [6.45, 7) is 1.86. The smallest absolute Gasteiger partial charge is 0.185 e. The maximum absolute atomic E-state index is 11.8. The number of hydrogen-bond acceptors (Lipinski definition) is 6. The normalized spacial score (nSPS) is 17.5. The lowest BCUT2D eigenvalue weighted by molar-refractivity contribution is 0.0984. The molecule has 1 aromatic heterocycles. The van der Waals surface area contributed by atoms with E-state index < -0.39 is 9.84 Å². The van der Waals surface area contributed by atoms with E-state index in [-0.39, 0.29) is 29.7 Å². The summed E-state index contributed by atoms with van der Waals surface area (Å²) in [5.74, 6) is -0.419. The molecular weight excluding hydrogens is 268 g/mol. The van der Waals surface area contributed by atoms with Gasteiger partial charge >= 0.3 is 0 Å². The van der Waals surface area contributed by atoms with Gasteiger partial charge in [-0.3, -0.25) is 4.79 Å². The molecular formula is C11H18N4O3S. The maximum Gasteiger partial charge on any atom is 0.185 e. The zero-order chi connectivity index (χ0) is 13.9. The van der Waals surface area contributed by atoms with E-state index in [9.17, 15) is 13.2 Å². The second kappa shape index (κ2) is 5.79. The zero-order valence-corrected chi connectivity index (χ0v) is 11.7. The predicted molar refractivity (Wildman–Crippen MR) is 69.8 cm³/mol. The number of carbonyl (C=O) groups is 1. The van der Waals surface area contributed by atoms with Crippen LogP contribution in [-0.2, 0) is 9.84 Å². The summed E-state index contributed by atoms with van der Waals surface area (Å²) < 4.78 is 23.8. The van der Waals surface area contributed by atoms with Crippen molar-refractivity contribution < 1.29 is 13.2 Å². The van der Waals surface area contributed by atoms with Gasteiger partial charge < -0.3 is 5.32 Å². The molecule has 2 rings (SSSR count). The van der Waals surface area contributed by atoms with Crippen LogP contribution in [0.5, 0.6) is 0 Å². The summed E-state index contributed by atoms with van der Waals surface area (Å²) in [7, 11) is -3.12. The van der Waals surface area contributed by atoms with Gasteiger partial charge in [0.05, 0.1) is 18.0 Å². The molecule has 0 radical (unpaired) electrons. The van der Waals surface area contributed by atoms with Gasteiger partial charge in [0.15, 0.2) is 5.78 Å². The lowest BCUT2D eigenvalue weighted by atomic mass is 10.1. The standard InChI is InChI=1S/C11H18N4O3S/c1-19(17,18)7-4-11(16)10-8-15(14-13-10)9-2-5-12-6-3-9/h8-9,12H,2-7H2,1H3. The molecule has 0 aliphatic carbocycles. The second-order valence-electron chi connectivity index (χ2n) is 4.87. The second-order valence-corrected chi connectivity index (χ2v) is 7.13. The Bertz CT molecular complexity index is 546. The van der Waals surface area contributed by atoms with Crippen molar-refractivity contribution in [1.29, 1.82) is 0 Å². The Hall–Kier alpha value is -1.28. The third-order valence-electron chi connectivity index (χ3n) is 3.18. The molecule has 0 saturated carbocycles. The summed E-state index contributed by atoms with van der Waals surface area (Å²) in [6, 6.07) is 0.269. The number of nitrogens with one attached hydrogen (secondary N) is 1. The molecule has 8 heteroatoms. The highest BCUT2D eigenvalue weighted by Crippen LogP contribution is 2.17. The maximum atomic E-state index is 11.8. The molecule has 1 aliphatic rings. The number of Topliss-reactive ketones (excluding diaryl/α,β-unsaturated/α-hetero) is 1. The monoisotopic (exact) mass is 286 g/mol. The first-order valence-electron chi connectivity index (χ1n) is 6.29. The van der Waals surface area contributed by atoms with Gasteiger partial charge in [-0.1, -0.05) is 5.21 Å². The van der Waals surface area contributed by atoms with Gasteiger partial charge in [-0.05, 0) is 25.9 Å². The molecule has 0 atom stereocenters. The van der Waals surface area contributed by atoms with Gasteiger partial charge in [0.2, 0.25) is 0 Å². The average molecular weight is 286 g/mol. The number of aromatic nitrogens is 3. The summed E-state index contributed by atoms with van der Waals surface area (Å²) in [4.78, 5) is 11.8. The highest BCUT2D eigenvalue weighted by Gasteiger charge is 2.19. The highest BCUT2D eigenvalue weighted by atomic mass is 32.2. The minimum atomic E-state index is -3.12. The molecule has 0 unspecified atom stereocenters. The van der Waals surface area contributed by atoms with Crippen LogP contribution < -0.4 is 5.32 Å². The lowest BCUT2D eigenvalue weighted by Gasteiger charge is -2.22. The third kappa shape index (κ3) is 4.10. The first-order chi connectivity index (χ1) is 8.96. The van der Waals surface area contributed by atoms with E-state index in [4.69, 9.17) is 0 Å². The van der Waals surface area contributed by atoms with Crippen LogP contribution in [0.2, 0.25) is 0 Å². The fourth-order valence-corrected chi connectivity index (χ4v) is 2.62. The molecule has 7 nitrogen and oxygen atoms in total. The van der Waals surface area contributed by atoms with Crippen LogP contribution in [0.4, 0.5) is 0 Å². The van der Waals surface area contributed by atoms with E-state index in [1.54, 1.807) is 10.9 Å². The summed E-state index contributed by atoms with van der Waals surface area (Å²) in [6.07, 6.45) is 4.62. The van der Waals surface area contributed by atoms with E-state index in [2.05, 4.69) is 15.6 Å². The number of ketones is 1. The van der Waals surface area contributed by atoms with Crippen molar-refractivity contribution in [2.45, 2.75) is 25.3 Å². The van der Waals surface area contributed by atoms with Crippen LogP contribution in [0.15, 0.2) is 6.20 Å². The number of piperidine rings is 1. The van der Waals surface area contributed by atoms with Crippen molar-refractivity contribution >= 4 is 15.6 Å². The van der Waals surface area contributed by atoms with Gasteiger partial charge in [-0.2, -0.15) is 0 Å². The van der Waals surface area contributed by atoms with E-state index in [1.165, 1.54) is 0 Å². The predicted octanol–water partition coefficient (Wildman–Crippen LogP) is -0.180. The number of rotatable bonds is 5. The van der Waals surface area contributed by atoms with Gasteiger partial charge in [0.25, 0.3) is 0 Å². The molecule has 1 aromatic rings. The van der Waals surface area contributed by atoms with Crippen LogP contribution in [0.3, 0.4) is 0 Å². The van der Waals surface area contributed by atoms with E-state index in [0.29, 0.717) is 0 Å². The van der Waals surface area contributed by atoms with Gasteiger partial charge in [0, 0.05) is 12.7 Å². The Morgan fingerprint density at radius 2 is 2.16 bits per heavy atom. The van der Waals surface area contributed by atoms with Crippen molar-refractivity contribution in [1.82, 2.24) is 20.3 Å².